The third kappa shape index (κ3) is 4.78. The zero-order chi connectivity index (χ0) is 23.4. The second kappa shape index (κ2) is 9.62. The van der Waals surface area contributed by atoms with E-state index < -0.39 is 10.0 Å². The van der Waals surface area contributed by atoms with Crippen molar-refractivity contribution >= 4 is 15.8 Å². The number of benzene rings is 3. The van der Waals surface area contributed by atoms with Crippen LogP contribution in [-0.4, -0.2) is 49.1 Å². The summed E-state index contributed by atoms with van der Waals surface area (Å²) in [5.74, 6) is 2.04. The maximum atomic E-state index is 13.1. The molecule has 1 saturated heterocycles. The lowest BCUT2D eigenvalue weighted by molar-refractivity contribution is 0.383. The van der Waals surface area contributed by atoms with E-state index in [0.29, 0.717) is 37.7 Å². The lowest BCUT2D eigenvalue weighted by atomic mass is 10.1. The van der Waals surface area contributed by atoms with Gasteiger partial charge in [-0.1, -0.05) is 48.5 Å². The Hall–Kier alpha value is -3.75. The van der Waals surface area contributed by atoms with Gasteiger partial charge in [0.1, 0.15) is 11.5 Å². The summed E-state index contributed by atoms with van der Waals surface area (Å²) in [5.41, 5.74) is 1.82. The number of para-hydroxylation sites is 1. The molecule has 0 atom stereocenters. The number of anilines is 1. The lowest BCUT2D eigenvalue weighted by Gasteiger charge is -2.34. The molecule has 3 aromatic carbocycles. The summed E-state index contributed by atoms with van der Waals surface area (Å²) in [5, 5.41) is 8.70. The summed E-state index contributed by atoms with van der Waals surface area (Å²) < 4.78 is 33.6. The van der Waals surface area contributed by atoms with Gasteiger partial charge in [0.05, 0.1) is 10.6 Å². The van der Waals surface area contributed by atoms with Crippen LogP contribution < -0.4 is 9.64 Å². The predicted octanol–water partition coefficient (Wildman–Crippen LogP) is 4.45. The number of piperazine rings is 1. The van der Waals surface area contributed by atoms with E-state index in [2.05, 4.69) is 15.1 Å². The third-order valence-electron chi connectivity index (χ3n) is 5.72. The quantitative estimate of drug-likeness (QED) is 0.413. The van der Waals surface area contributed by atoms with Gasteiger partial charge in [0.25, 0.3) is 0 Å². The van der Waals surface area contributed by atoms with Crippen molar-refractivity contribution in [2.24, 2.45) is 0 Å². The van der Waals surface area contributed by atoms with Crippen LogP contribution in [0.25, 0.3) is 11.3 Å². The molecule has 0 amide bonds. The van der Waals surface area contributed by atoms with Gasteiger partial charge in [0, 0.05) is 31.7 Å². The molecule has 0 N–H and O–H groups in total. The molecule has 8 heteroatoms. The fourth-order valence-electron chi connectivity index (χ4n) is 3.87. The van der Waals surface area contributed by atoms with Crippen molar-refractivity contribution in [2.45, 2.75) is 4.90 Å². The number of sulfonamides is 1. The van der Waals surface area contributed by atoms with E-state index in [1.54, 1.807) is 24.3 Å². The molecule has 1 aliphatic heterocycles. The maximum Gasteiger partial charge on any atom is 0.243 e. The van der Waals surface area contributed by atoms with Crippen molar-refractivity contribution < 1.29 is 13.2 Å². The first-order valence-corrected chi connectivity index (χ1v) is 12.5. The van der Waals surface area contributed by atoms with Crippen molar-refractivity contribution in [3.63, 3.8) is 0 Å². The highest BCUT2D eigenvalue weighted by atomic mass is 32.2. The van der Waals surface area contributed by atoms with Gasteiger partial charge < -0.3 is 9.64 Å². The van der Waals surface area contributed by atoms with Gasteiger partial charge in [-0.3, -0.25) is 0 Å². The average molecular weight is 473 g/mol. The van der Waals surface area contributed by atoms with Crippen LogP contribution >= 0.6 is 0 Å². The van der Waals surface area contributed by atoms with Gasteiger partial charge in [-0.15, -0.1) is 10.2 Å². The Labute approximate surface area is 199 Å². The fourth-order valence-corrected chi connectivity index (χ4v) is 5.29. The van der Waals surface area contributed by atoms with Crippen molar-refractivity contribution in [1.29, 1.82) is 0 Å². The Morgan fingerprint density at radius 2 is 1.26 bits per heavy atom. The Kier molecular flexibility index (Phi) is 6.24. The second-order valence-corrected chi connectivity index (χ2v) is 9.86. The molecule has 0 aliphatic carbocycles. The SMILES string of the molecule is O=S(=O)(c1ccc(Oc2ccccc2)cc1)N1CCN(c2ccc(-c3ccccc3)nn2)CC1. The number of aromatic nitrogens is 2. The molecule has 172 valence electrons. The summed E-state index contributed by atoms with van der Waals surface area (Å²) in [6.45, 7) is 1.86. The maximum absolute atomic E-state index is 13.1. The molecule has 0 radical (unpaired) electrons. The summed E-state index contributed by atoms with van der Waals surface area (Å²) in [7, 11) is -3.58. The Morgan fingerprint density at radius 3 is 1.88 bits per heavy atom. The van der Waals surface area contributed by atoms with E-state index in [4.69, 9.17) is 4.74 Å². The second-order valence-electron chi connectivity index (χ2n) is 7.92. The molecule has 4 aromatic rings. The molecule has 0 saturated carbocycles. The minimum Gasteiger partial charge on any atom is -0.457 e. The van der Waals surface area contributed by atoms with E-state index in [1.165, 1.54) is 4.31 Å². The van der Waals surface area contributed by atoms with Crippen LogP contribution in [0.2, 0.25) is 0 Å². The lowest BCUT2D eigenvalue weighted by Crippen LogP contribution is -2.48. The number of hydrogen-bond donors (Lipinski definition) is 0. The summed E-state index contributed by atoms with van der Waals surface area (Å²) in [4.78, 5) is 2.32. The average Bonchev–Trinajstić information content (AvgIpc) is 2.90. The standard InChI is InChI=1S/C26H24N4O3S/c31-34(32,24-13-11-23(12-14-24)33-22-9-5-2-6-10-22)30-19-17-29(18-20-30)26-16-15-25(27-28-26)21-7-3-1-4-8-21/h1-16H,17-20H2. The molecule has 5 rings (SSSR count). The fraction of sp³-hybridized carbons (Fsp3) is 0.154. The van der Waals surface area contributed by atoms with Crippen LogP contribution in [-0.2, 0) is 10.0 Å². The molecular formula is C26H24N4O3S. The smallest absolute Gasteiger partial charge is 0.243 e. The molecule has 1 fully saturated rings. The Balaban J connectivity index is 1.21. The largest absolute Gasteiger partial charge is 0.457 e. The Morgan fingerprint density at radius 1 is 0.647 bits per heavy atom. The van der Waals surface area contributed by atoms with Crippen LogP contribution in [0.15, 0.2) is 102 Å². The van der Waals surface area contributed by atoms with Crippen LogP contribution in [0.3, 0.4) is 0 Å². The van der Waals surface area contributed by atoms with Gasteiger partial charge in [-0.05, 0) is 48.5 Å². The van der Waals surface area contributed by atoms with Gasteiger partial charge >= 0.3 is 0 Å². The first-order chi connectivity index (χ1) is 16.6. The normalized spacial score (nSPS) is 14.6. The minimum atomic E-state index is -3.58. The summed E-state index contributed by atoms with van der Waals surface area (Å²) >= 11 is 0. The monoisotopic (exact) mass is 472 g/mol. The topological polar surface area (TPSA) is 75.6 Å². The highest BCUT2D eigenvalue weighted by Crippen LogP contribution is 2.25. The van der Waals surface area contributed by atoms with Crippen LogP contribution in [0, 0.1) is 0 Å². The van der Waals surface area contributed by atoms with Gasteiger partial charge in [0.2, 0.25) is 10.0 Å². The summed E-state index contributed by atoms with van der Waals surface area (Å²) in [6.07, 6.45) is 0. The number of ether oxygens (including phenoxy) is 1. The van der Waals surface area contributed by atoms with Crippen LogP contribution in [0.1, 0.15) is 0 Å². The molecule has 0 unspecified atom stereocenters. The zero-order valence-electron chi connectivity index (χ0n) is 18.5. The van der Waals surface area contributed by atoms with Gasteiger partial charge in [-0.2, -0.15) is 4.31 Å². The highest BCUT2D eigenvalue weighted by molar-refractivity contribution is 7.89. The first-order valence-electron chi connectivity index (χ1n) is 11.1. The molecule has 0 spiro atoms. The predicted molar refractivity (Wildman–Crippen MR) is 131 cm³/mol. The first kappa shape index (κ1) is 22.1. The van der Waals surface area contributed by atoms with Crippen LogP contribution in [0.4, 0.5) is 5.82 Å². The molecule has 0 bridgehead atoms. The van der Waals surface area contributed by atoms with E-state index in [-0.39, 0.29) is 4.90 Å². The van der Waals surface area contributed by atoms with E-state index in [9.17, 15) is 8.42 Å². The van der Waals surface area contributed by atoms with Crippen LogP contribution in [0.5, 0.6) is 11.5 Å². The van der Waals surface area contributed by atoms with E-state index >= 15 is 0 Å². The van der Waals surface area contributed by atoms with E-state index in [0.717, 1.165) is 17.1 Å². The van der Waals surface area contributed by atoms with Gasteiger partial charge in [-0.25, -0.2) is 8.42 Å². The van der Waals surface area contributed by atoms with Crippen molar-refractivity contribution in [2.75, 3.05) is 31.1 Å². The molecule has 1 aromatic heterocycles. The zero-order valence-corrected chi connectivity index (χ0v) is 19.3. The molecule has 34 heavy (non-hydrogen) atoms. The van der Waals surface area contributed by atoms with Crippen molar-refractivity contribution in [3.8, 4) is 22.8 Å². The number of nitrogens with zero attached hydrogens (tertiary/aromatic N) is 4. The molecular weight excluding hydrogens is 448 g/mol. The molecule has 7 nitrogen and oxygen atoms in total. The highest BCUT2D eigenvalue weighted by Gasteiger charge is 2.29. The van der Waals surface area contributed by atoms with Crippen molar-refractivity contribution in [3.05, 3.63) is 97.1 Å². The minimum absolute atomic E-state index is 0.258. The summed E-state index contributed by atoms with van der Waals surface area (Å²) in [6, 6.07) is 29.7. The Bertz CT molecular complexity index is 1320. The number of hydrogen-bond acceptors (Lipinski definition) is 6. The molecule has 2 heterocycles. The van der Waals surface area contributed by atoms with Crippen molar-refractivity contribution in [1.82, 2.24) is 14.5 Å². The number of rotatable bonds is 6. The van der Waals surface area contributed by atoms with E-state index in [1.807, 2.05) is 72.8 Å². The van der Waals surface area contributed by atoms with Gasteiger partial charge in [0.15, 0.2) is 5.82 Å². The molecule has 1 aliphatic rings. The third-order valence-corrected chi connectivity index (χ3v) is 7.64.